The Morgan fingerprint density at radius 2 is 2.17 bits per heavy atom. The van der Waals surface area contributed by atoms with E-state index in [2.05, 4.69) is 5.32 Å². The third kappa shape index (κ3) is 3.63. The molecule has 3 rings (SSSR count). The quantitative estimate of drug-likeness (QED) is 0.689. The topological polar surface area (TPSA) is 51.2 Å². The van der Waals surface area contributed by atoms with E-state index in [1.54, 1.807) is 18.4 Å². The summed E-state index contributed by atoms with van der Waals surface area (Å²) in [5.74, 6) is -0.0677. The Bertz CT molecular complexity index is 844. The van der Waals surface area contributed by atoms with Crippen LogP contribution < -0.4 is 5.32 Å². The van der Waals surface area contributed by atoms with E-state index in [0.29, 0.717) is 18.7 Å². The molecule has 2 aromatic heterocycles. The third-order valence-corrected chi connectivity index (χ3v) is 4.69. The lowest BCUT2D eigenvalue weighted by Crippen LogP contribution is -2.25. The van der Waals surface area contributed by atoms with Crippen molar-refractivity contribution in [3.8, 4) is 10.6 Å². The Morgan fingerprint density at radius 3 is 2.92 bits per heavy atom. The van der Waals surface area contributed by atoms with Crippen LogP contribution in [0.15, 0.2) is 41.8 Å². The molecule has 0 radical (unpaired) electrons. The first-order chi connectivity index (χ1) is 11.7. The molecule has 0 aliphatic carbocycles. The van der Waals surface area contributed by atoms with Gasteiger partial charge in [-0.1, -0.05) is 17.7 Å². The second kappa shape index (κ2) is 7.55. The minimum absolute atomic E-state index is 0.0677. The molecule has 124 valence electrons. The van der Waals surface area contributed by atoms with Gasteiger partial charge in [0.15, 0.2) is 0 Å². The van der Waals surface area contributed by atoms with Gasteiger partial charge < -0.3 is 10.1 Å². The molecule has 4 nitrogen and oxygen atoms in total. The lowest BCUT2D eigenvalue weighted by atomic mass is 10.0. The van der Waals surface area contributed by atoms with Gasteiger partial charge in [0.1, 0.15) is 0 Å². The number of benzene rings is 1. The summed E-state index contributed by atoms with van der Waals surface area (Å²) in [6.07, 6.45) is 0.794. The maximum Gasteiger partial charge on any atom is 0.252 e. The number of nitrogens with zero attached hydrogens (tertiary/aromatic N) is 1. The average molecular weight is 340 g/mol. The van der Waals surface area contributed by atoms with Gasteiger partial charge >= 0.3 is 0 Å². The van der Waals surface area contributed by atoms with Crippen molar-refractivity contribution in [1.29, 1.82) is 0 Å². The molecule has 0 saturated heterocycles. The van der Waals surface area contributed by atoms with E-state index in [0.717, 1.165) is 33.5 Å². The Balaban J connectivity index is 2.00. The van der Waals surface area contributed by atoms with Crippen LogP contribution >= 0.6 is 11.3 Å². The highest BCUT2D eigenvalue weighted by Gasteiger charge is 2.14. The van der Waals surface area contributed by atoms with Crippen molar-refractivity contribution in [3.63, 3.8) is 0 Å². The molecule has 0 bridgehead atoms. The number of rotatable bonds is 6. The Kier molecular flexibility index (Phi) is 5.23. The molecule has 3 aromatic rings. The van der Waals surface area contributed by atoms with Crippen LogP contribution in [0.1, 0.15) is 22.3 Å². The van der Waals surface area contributed by atoms with Crippen LogP contribution in [0, 0.1) is 6.92 Å². The van der Waals surface area contributed by atoms with Crippen molar-refractivity contribution in [1.82, 2.24) is 10.3 Å². The highest BCUT2D eigenvalue weighted by atomic mass is 32.1. The normalized spacial score (nSPS) is 10.9. The fourth-order valence-electron chi connectivity index (χ4n) is 2.59. The number of pyridine rings is 1. The zero-order valence-electron chi connectivity index (χ0n) is 13.8. The lowest BCUT2D eigenvalue weighted by Gasteiger charge is -2.10. The van der Waals surface area contributed by atoms with Gasteiger partial charge in [-0.3, -0.25) is 4.79 Å². The van der Waals surface area contributed by atoms with Crippen molar-refractivity contribution in [3.05, 3.63) is 52.9 Å². The summed E-state index contributed by atoms with van der Waals surface area (Å²) in [4.78, 5) is 18.5. The molecule has 1 aromatic carbocycles. The van der Waals surface area contributed by atoms with Crippen LogP contribution in [-0.2, 0) is 4.74 Å². The van der Waals surface area contributed by atoms with Crippen LogP contribution in [0.4, 0.5) is 0 Å². The maximum absolute atomic E-state index is 12.7. The average Bonchev–Trinajstić information content (AvgIpc) is 3.12. The molecular weight excluding hydrogens is 320 g/mol. The number of amides is 1. The SMILES string of the molecule is COCCCNC(=O)c1cc(-c2cccs2)nc2ccc(C)cc12. The van der Waals surface area contributed by atoms with Gasteiger partial charge in [0.2, 0.25) is 0 Å². The van der Waals surface area contributed by atoms with Crippen molar-refractivity contribution in [2.75, 3.05) is 20.3 Å². The standard InChI is InChI=1S/C19H20N2O2S/c1-13-6-7-16-14(11-13)15(19(22)20-8-4-9-23-2)12-17(21-16)18-5-3-10-24-18/h3,5-7,10-12H,4,8-9H2,1-2H3,(H,20,22). The van der Waals surface area contributed by atoms with Gasteiger partial charge in [-0.15, -0.1) is 11.3 Å². The number of ether oxygens (including phenoxy) is 1. The molecule has 2 heterocycles. The van der Waals surface area contributed by atoms with Crippen molar-refractivity contribution < 1.29 is 9.53 Å². The zero-order chi connectivity index (χ0) is 16.9. The van der Waals surface area contributed by atoms with Gasteiger partial charge in [-0.05, 0) is 43.0 Å². The first-order valence-corrected chi connectivity index (χ1v) is 8.79. The second-order valence-corrected chi connectivity index (χ2v) is 6.60. The molecule has 1 N–H and O–H groups in total. The summed E-state index contributed by atoms with van der Waals surface area (Å²) < 4.78 is 5.02. The summed E-state index contributed by atoms with van der Waals surface area (Å²) in [7, 11) is 1.66. The van der Waals surface area contributed by atoms with Crippen molar-refractivity contribution in [2.24, 2.45) is 0 Å². The van der Waals surface area contributed by atoms with Crippen LogP contribution in [-0.4, -0.2) is 31.2 Å². The van der Waals surface area contributed by atoms with Gasteiger partial charge in [-0.2, -0.15) is 0 Å². The first kappa shape index (κ1) is 16.6. The number of nitrogens with one attached hydrogen (secondary N) is 1. The highest BCUT2D eigenvalue weighted by molar-refractivity contribution is 7.13. The van der Waals surface area contributed by atoms with Crippen LogP contribution in [0.3, 0.4) is 0 Å². The fourth-order valence-corrected chi connectivity index (χ4v) is 3.28. The number of carbonyl (C=O) groups excluding carboxylic acids is 1. The van der Waals surface area contributed by atoms with Crippen LogP contribution in [0.2, 0.25) is 0 Å². The number of hydrogen-bond acceptors (Lipinski definition) is 4. The first-order valence-electron chi connectivity index (χ1n) is 7.91. The summed E-state index contributed by atoms with van der Waals surface area (Å²) in [5.41, 5.74) is 3.46. The van der Waals surface area contributed by atoms with Crippen LogP contribution in [0.5, 0.6) is 0 Å². The number of thiophene rings is 1. The summed E-state index contributed by atoms with van der Waals surface area (Å²) in [6, 6.07) is 11.9. The predicted molar refractivity (Wildman–Crippen MR) is 98.6 cm³/mol. The van der Waals surface area contributed by atoms with E-state index in [1.165, 1.54) is 0 Å². The summed E-state index contributed by atoms with van der Waals surface area (Å²) >= 11 is 1.62. The van der Waals surface area contributed by atoms with E-state index in [9.17, 15) is 4.79 Å². The molecule has 0 aliphatic rings. The molecule has 0 aliphatic heterocycles. The second-order valence-electron chi connectivity index (χ2n) is 5.66. The minimum Gasteiger partial charge on any atom is -0.385 e. The molecule has 5 heteroatoms. The molecule has 0 spiro atoms. The number of aryl methyl sites for hydroxylation is 1. The molecule has 0 saturated carbocycles. The fraction of sp³-hybridized carbons (Fsp3) is 0.263. The smallest absolute Gasteiger partial charge is 0.252 e. The monoisotopic (exact) mass is 340 g/mol. The van der Waals surface area contributed by atoms with E-state index in [4.69, 9.17) is 9.72 Å². The maximum atomic E-state index is 12.7. The molecule has 0 unspecified atom stereocenters. The molecule has 0 atom stereocenters. The molecule has 1 amide bonds. The van der Waals surface area contributed by atoms with Gasteiger partial charge in [0.05, 0.1) is 21.7 Å². The Hall–Kier alpha value is -2.24. The number of methoxy groups -OCH3 is 1. The van der Waals surface area contributed by atoms with E-state index in [-0.39, 0.29) is 5.91 Å². The Morgan fingerprint density at radius 1 is 1.29 bits per heavy atom. The largest absolute Gasteiger partial charge is 0.385 e. The van der Waals surface area contributed by atoms with Crippen LogP contribution in [0.25, 0.3) is 21.5 Å². The van der Waals surface area contributed by atoms with E-state index >= 15 is 0 Å². The number of carbonyl (C=O) groups is 1. The molecule has 24 heavy (non-hydrogen) atoms. The predicted octanol–water partition coefficient (Wildman–Crippen LogP) is 4.04. The zero-order valence-corrected chi connectivity index (χ0v) is 14.7. The summed E-state index contributed by atoms with van der Waals surface area (Å²) in [5, 5.41) is 5.88. The molecular formula is C19H20N2O2S. The molecule has 0 fully saturated rings. The van der Waals surface area contributed by atoms with E-state index in [1.807, 2.05) is 48.7 Å². The van der Waals surface area contributed by atoms with Gasteiger partial charge in [0.25, 0.3) is 5.91 Å². The van der Waals surface area contributed by atoms with Gasteiger partial charge in [0, 0.05) is 25.6 Å². The Labute approximate surface area is 145 Å². The highest BCUT2D eigenvalue weighted by Crippen LogP contribution is 2.28. The van der Waals surface area contributed by atoms with Crippen molar-refractivity contribution in [2.45, 2.75) is 13.3 Å². The van der Waals surface area contributed by atoms with Gasteiger partial charge in [-0.25, -0.2) is 4.98 Å². The number of aromatic nitrogens is 1. The minimum atomic E-state index is -0.0677. The lowest BCUT2D eigenvalue weighted by molar-refractivity contribution is 0.0950. The third-order valence-electron chi connectivity index (χ3n) is 3.79. The van der Waals surface area contributed by atoms with Crippen molar-refractivity contribution >= 4 is 28.1 Å². The summed E-state index contributed by atoms with van der Waals surface area (Å²) in [6.45, 7) is 3.25. The number of fused-ring (bicyclic) bond motifs is 1. The van der Waals surface area contributed by atoms with E-state index < -0.39 is 0 Å². The number of hydrogen-bond donors (Lipinski definition) is 1.